The van der Waals surface area contributed by atoms with E-state index < -0.39 is 58.9 Å². The van der Waals surface area contributed by atoms with E-state index in [1.807, 2.05) is 0 Å². The number of aliphatic imine (C=N–C) groups is 1. The molecule has 0 bridgehead atoms. The van der Waals surface area contributed by atoms with E-state index in [0.717, 1.165) is 4.31 Å². The molecule has 1 fully saturated rings. The highest BCUT2D eigenvalue weighted by molar-refractivity contribution is 7.89. The standard InChI is InChI=1S/C24H29N7O7S/c25-24(26)29-16-7-4-6-15(12-16)21(33)28-14-20(32)27-13-18(23(35)36)30-22(34)19-10-5-11-31(19)39(37,38)17-8-2-1-3-9-17/h1-4,6-9,12,18-19H,5,10-11,13-14H2,(H,27,32)(H,28,33)(H,30,34)(H,35,36)(H4,25,26,29)/t18-,19-/m0/s1. The van der Waals surface area contributed by atoms with E-state index in [-0.39, 0.29) is 29.4 Å². The second kappa shape index (κ2) is 12.8. The zero-order valence-corrected chi connectivity index (χ0v) is 21.6. The van der Waals surface area contributed by atoms with Crippen LogP contribution in [0.1, 0.15) is 23.2 Å². The van der Waals surface area contributed by atoms with E-state index >= 15 is 0 Å². The van der Waals surface area contributed by atoms with Crippen molar-refractivity contribution in [3.05, 3.63) is 60.2 Å². The van der Waals surface area contributed by atoms with Crippen LogP contribution in [0.3, 0.4) is 0 Å². The number of benzene rings is 2. The van der Waals surface area contributed by atoms with Crippen molar-refractivity contribution >= 4 is 45.4 Å². The number of carboxylic acid groups (broad SMARTS) is 1. The lowest BCUT2D eigenvalue weighted by atomic mass is 10.2. The fourth-order valence-electron chi connectivity index (χ4n) is 3.89. The zero-order valence-electron chi connectivity index (χ0n) is 20.7. The quantitative estimate of drug-likeness (QED) is 0.144. The average Bonchev–Trinajstić information content (AvgIpc) is 3.41. The third-order valence-corrected chi connectivity index (χ3v) is 7.67. The Bertz CT molecular complexity index is 1360. The summed E-state index contributed by atoms with van der Waals surface area (Å²) in [5.74, 6) is -3.71. The van der Waals surface area contributed by atoms with Crippen molar-refractivity contribution < 1.29 is 32.7 Å². The van der Waals surface area contributed by atoms with Crippen LogP contribution in [0, 0.1) is 0 Å². The minimum absolute atomic E-state index is 0.0248. The molecule has 0 aliphatic carbocycles. The predicted octanol–water partition coefficient (Wildman–Crippen LogP) is -1.14. The van der Waals surface area contributed by atoms with Gasteiger partial charge in [0.2, 0.25) is 21.8 Å². The number of sulfonamides is 1. The Morgan fingerprint density at radius 3 is 2.44 bits per heavy atom. The monoisotopic (exact) mass is 559 g/mol. The molecule has 14 nitrogen and oxygen atoms in total. The smallest absolute Gasteiger partial charge is 0.328 e. The lowest BCUT2D eigenvalue weighted by Crippen LogP contribution is -2.54. The summed E-state index contributed by atoms with van der Waals surface area (Å²) in [5.41, 5.74) is 11.2. The van der Waals surface area contributed by atoms with Crippen LogP contribution in [0.25, 0.3) is 0 Å². The first-order chi connectivity index (χ1) is 18.5. The number of carbonyl (C=O) groups excluding carboxylic acids is 3. The first-order valence-electron chi connectivity index (χ1n) is 11.8. The Kier molecular flexibility index (Phi) is 9.57. The number of nitrogens with one attached hydrogen (secondary N) is 3. The van der Waals surface area contributed by atoms with Crippen LogP contribution in [0.5, 0.6) is 0 Å². The van der Waals surface area contributed by atoms with Gasteiger partial charge in [0.25, 0.3) is 5.91 Å². The molecule has 1 saturated heterocycles. The minimum atomic E-state index is -3.97. The first kappa shape index (κ1) is 29.1. The number of nitrogens with zero attached hydrogens (tertiary/aromatic N) is 2. The van der Waals surface area contributed by atoms with E-state index in [2.05, 4.69) is 20.9 Å². The summed E-state index contributed by atoms with van der Waals surface area (Å²) in [6.07, 6.45) is 0.639. The van der Waals surface area contributed by atoms with Gasteiger partial charge in [-0.05, 0) is 43.2 Å². The summed E-state index contributed by atoms with van der Waals surface area (Å²) in [5, 5.41) is 16.6. The Balaban J connectivity index is 1.55. The molecule has 2 aromatic rings. The predicted molar refractivity (Wildman–Crippen MR) is 140 cm³/mol. The van der Waals surface area contributed by atoms with Crippen LogP contribution >= 0.6 is 0 Å². The number of carbonyl (C=O) groups is 4. The maximum Gasteiger partial charge on any atom is 0.328 e. The lowest BCUT2D eigenvalue weighted by Gasteiger charge is -2.25. The number of guanidine groups is 1. The summed E-state index contributed by atoms with van der Waals surface area (Å²) < 4.78 is 27.0. The summed E-state index contributed by atoms with van der Waals surface area (Å²) in [6, 6.07) is 11.0. The van der Waals surface area contributed by atoms with E-state index in [9.17, 15) is 32.7 Å². The van der Waals surface area contributed by atoms with Crippen molar-refractivity contribution in [2.45, 2.75) is 29.8 Å². The van der Waals surface area contributed by atoms with Gasteiger partial charge < -0.3 is 32.5 Å². The van der Waals surface area contributed by atoms with Gasteiger partial charge in [-0.1, -0.05) is 24.3 Å². The van der Waals surface area contributed by atoms with Crippen LogP contribution in [-0.4, -0.2) is 79.2 Å². The van der Waals surface area contributed by atoms with E-state index in [1.54, 1.807) is 30.3 Å². The molecule has 0 radical (unpaired) electrons. The highest BCUT2D eigenvalue weighted by atomic mass is 32.2. The van der Waals surface area contributed by atoms with Crippen molar-refractivity contribution in [2.24, 2.45) is 16.5 Å². The van der Waals surface area contributed by atoms with Gasteiger partial charge in [0.15, 0.2) is 5.96 Å². The van der Waals surface area contributed by atoms with Gasteiger partial charge >= 0.3 is 5.97 Å². The van der Waals surface area contributed by atoms with Gasteiger partial charge in [-0.25, -0.2) is 18.2 Å². The SMILES string of the molecule is NC(N)=Nc1cccc(C(=O)NCC(=O)NC[C@H](NC(=O)[C@@H]2CCCN2S(=O)(=O)c2ccccc2)C(=O)O)c1. The topological polar surface area (TPSA) is 226 Å². The molecule has 39 heavy (non-hydrogen) atoms. The van der Waals surface area contributed by atoms with Crippen LogP contribution in [0.2, 0.25) is 0 Å². The molecule has 0 saturated carbocycles. The highest BCUT2D eigenvalue weighted by Crippen LogP contribution is 2.26. The molecule has 8 N–H and O–H groups in total. The van der Waals surface area contributed by atoms with Gasteiger partial charge in [-0.2, -0.15) is 4.31 Å². The highest BCUT2D eigenvalue weighted by Gasteiger charge is 2.40. The van der Waals surface area contributed by atoms with Gasteiger partial charge in [-0.3, -0.25) is 14.4 Å². The van der Waals surface area contributed by atoms with Crippen molar-refractivity contribution in [1.82, 2.24) is 20.3 Å². The Hall–Kier alpha value is -4.50. The number of nitrogens with two attached hydrogens (primary N) is 2. The number of hydrogen-bond donors (Lipinski definition) is 6. The molecule has 0 unspecified atom stereocenters. The normalized spacial score (nSPS) is 16.1. The van der Waals surface area contributed by atoms with Gasteiger partial charge in [0, 0.05) is 18.7 Å². The third-order valence-electron chi connectivity index (χ3n) is 5.75. The Morgan fingerprint density at radius 2 is 1.77 bits per heavy atom. The van der Waals surface area contributed by atoms with Crippen LogP contribution in [0.15, 0.2) is 64.5 Å². The van der Waals surface area contributed by atoms with Crippen LogP contribution < -0.4 is 27.4 Å². The molecule has 1 aliphatic rings. The van der Waals surface area contributed by atoms with Gasteiger partial charge in [0.05, 0.1) is 17.1 Å². The number of amides is 3. The Labute approximate surface area is 224 Å². The second-order valence-electron chi connectivity index (χ2n) is 8.56. The summed E-state index contributed by atoms with van der Waals surface area (Å²) in [7, 11) is -3.97. The van der Waals surface area contributed by atoms with Crippen molar-refractivity contribution in [3.8, 4) is 0 Å². The Morgan fingerprint density at radius 1 is 1.05 bits per heavy atom. The minimum Gasteiger partial charge on any atom is -0.480 e. The molecule has 2 aromatic carbocycles. The number of carboxylic acids is 1. The largest absolute Gasteiger partial charge is 0.480 e. The summed E-state index contributed by atoms with van der Waals surface area (Å²) in [4.78, 5) is 53.0. The second-order valence-corrected chi connectivity index (χ2v) is 10.5. The van der Waals surface area contributed by atoms with Crippen LogP contribution in [0.4, 0.5) is 5.69 Å². The lowest BCUT2D eigenvalue weighted by molar-refractivity contribution is -0.142. The molecular formula is C24H29N7O7S. The average molecular weight is 560 g/mol. The van der Waals surface area contributed by atoms with E-state index in [1.165, 1.54) is 24.3 Å². The number of aliphatic carboxylic acids is 1. The molecular weight excluding hydrogens is 530 g/mol. The maximum atomic E-state index is 13.0. The summed E-state index contributed by atoms with van der Waals surface area (Å²) >= 11 is 0. The first-order valence-corrected chi connectivity index (χ1v) is 13.3. The molecule has 15 heteroatoms. The van der Waals surface area contributed by atoms with E-state index in [0.29, 0.717) is 12.1 Å². The molecule has 2 atom stereocenters. The molecule has 0 aromatic heterocycles. The van der Waals surface area contributed by atoms with Gasteiger partial charge in [0.1, 0.15) is 12.1 Å². The maximum absolute atomic E-state index is 13.0. The summed E-state index contributed by atoms with van der Waals surface area (Å²) in [6.45, 7) is -0.858. The zero-order chi connectivity index (χ0) is 28.6. The molecule has 3 rings (SSSR count). The fraction of sp³-hybridized carbons (Fsp3) is 0.292. The van der Waals surface area contributed by atoms with Gasteiger partial charge in [-0.15, -0.1) is 0 Å². The molecule has 1 aliphatic heterocycles. The molecule has 3 amide bonds. The fourth-order valence-corrected chi connectivity index (χ4v) is 5.57. The van der Waals surface area contributed by atoms with E-state index in [4.69, 9.17) is 11.5 Å². The van der Waals surface area contributed by atoms with Crippen LogP contribution in [-0.2, 0) is 24.4 Å². The molecule has 208 valence electrons. The van der Waals surface area contributed by atoms with Crippen molar-refractivity contribution in [3.63, 3.8) is 0 Å². The van der Waals surface area contributed by atoms with Crippen molar-refractivity contribution in [1.29, 1.82) is 0 Å². The molecule has 0 spiro atoms. The van der Waals surface area contributed by atoms with Crippen molar-refractivity contribution in [2.75, 3.05) is 19.6 Å². The third kappa shape index (κ3) is 7.75. The number of rotatable bonds is 11. The number of hydrogen-bond acceptors (Lipinski definition) is 7. The molecule has 1 heterocycles.